The standard InChI is InChI=1S/C15H19N3/c1-2-18-11-16-14-10-13(8-9-15(14)18)17-12-6-4-3-5-7-12/h3-7,11,13,17H,2,8-10H2,1H3. The van der Waals surface area contributed by atoms with Crippen LogP contribution >= 0.6 is 0 Å². The van der Waals surface area contributed by atoms with Crippen molar-refractivity contribution in [2.45, 2.75) is 38.8 Å². The average molecular weight is 241 g/mol. The molecule has 1 heterocycles. The molecule has 1 N–H and O–H groups in total. The van der Waals surface area contributed by atoms with Crippen LogP contribution in [0.15, 0.2) is 36.7 Å². The average Bonchev–Trinajstić information content (AvgIpc) is 2.82. The highest BCUT2D eigenvalue weighted by Crippen LogP contribution is 2.23. The number of benzene rings is 1. The molecule has 0 radical (unpaired) electrons. The fourth-order valence-corrected chi connectivity index (χ4v) is 2.72. The van der Waals surface area contributed by atoms with Gasteiger partial charge in [0, 0.05) is 30.4 Å². The lowest BCUT2D eigenvalue weighted by Gasteiger charge is -2.24. The Morgan fingerprint density at radius 1 is 1.33 bits per heavy atom. The fraction of sp³-hybridized carbons (Fsp3) is 0.400. The van der Waals surface area contributed by atoms with Gasteiger partial charge in [0.1, 0.15) is 0 Å². The van der Waals surface area contributed by atoms with Crippen molar-refractivity contribution in [3.63, 3.8) is 0 Å². The zero-order valence-corrected chi connectivity index (χ0v) is 10.8. The first-order valence-corrected chi connectivity index (χ1v) is 6.71. The Kier molecular flexibility index (Phi) is 3.05. The summed E-state index contributed by atoms with van der Waals surface area (Å²) in [5.41, 5.74) is 3.92. The summed E-state index contributed by atoms with van der Waals surface area (Å²) < 4.78 is 2.27. The van der Waals surface area contributed by atoms with E-state index >= 15 is 0 Å². The number of hydrogen-bond donors (Lipinski definition) is 1. The Balaban J connectivity index is 1.72. The number of para-hydroxylation sites is 1. The van der Waals surface area contributed by atoms with E-state index < -0.39 is 0 Å². The quantitative estimate of drug-likeness (QED) is 0.895. The maximum Gasteiger partial charge on any atom is 0.0951 e. The summed E-state index contributed by atoms with van der Waals surface area (Å²) in [6.45, 7) is 3.20. The number of anilines is 1. The third-order valence-electron chi connectivity index (χ3n) is 3.69. The van der Waals surface area contributed by atoms with Gasteiger partial charge in [0.2, 0.25) is 0 Å². The van der Waals surface area contributed by atoms with E-state index in [2.05, 4.69) is 46.1 Å². The largest absolute Gasteiger partial charge is 0.382 e. The van der Waals surface area contributed by atoms with E-state index in [4.69, 9.17) is 0 Å². The van der Waals surface area contributed by atoms with E-state index in [-0.39, 0.29) is 0 Å². The van der Waals surface area contributed by atoms with Gasteiger partial charge in [0.05, 0.1) is 12.0 Å². The molecule has 1 aromatic carbocycles. The van der Waals surface area contributed by atoms with Gasteiger partial charge in [-0.1, -0.05) is 18.2 Å². The summed E-state index contributed by atoms with van der Waals surface area (Å²) in [6.07, 6.45) is 5.34. The number of nitrogens with one attached hydrogen (secondary N) is 1. The molecule has 0 saturated heterocycles. The summed E-state index contributed by atoms with van der Waals surface area (Å²) in [5.74, 6) is 0. The molecule has 1 atom stereocenters. The Bertz CT molecular complexity index is 516. The first-order valence-electron chi connectivity index (χ1n) is 6.71. The Morgan fingerprint density at radius 2 is 2.17 bits per heavy atom. The number of imidazole rings is 1. The molecule has 3 heteroatoms. The SMILES string of the molecule is CCn1cnc2c1CCC(Nc1ccccc1)C2. The molecule has 1 aromatic heterocycles. The van der Waals surface area contributed by atoms with Crippen molar-refractivity contribution >= 4 is 5.69 Å². The van der Waals surface area contributed by atoms with Gasteiger partial charge in [-0.15, -0.1) is 0 Å². The Morgan fingerprint density at radius 3 is 2.94 bits per heavy atom. The van der Waals surface area contributed by atoms with E-state index in [9.17, 15) is 0 Å². The van der Waals surface area contributed by atoms with E-state index in [1.165, 1.54) is 23.5 Å². The van der Waals surface area contributed by atoms with Crippen LogP contribution < -0.4 is 5.32 Å². The van der Waals surface area contributed by atoms with Gasteiger partial charge in [-0.25, -0.2) is 4.98 Å². The fourth-order valence-electron chi connectivity index (χ4n) is 2.72. The van der Waals surface area contributed by atoms with E-state index in [0.717, 1.165) is 19.4 Å². The maximum atomic E-state index is 4.54. The van der Waals surface area contributed by atoms with Gasteiger partial charge >= 0.3 is 0 Å². The second-order valence-electron chi connectivity index (χ2n) is 4.87. The van der Waals surface area contributed by atoms with Crippen molar-refractivity contribution in [2.24, 2.45) is 0 Å². The lowest BCUT2D eigenvalue weighted by Crippen LogP contribution is -2.28. The number of nitrogens with zero attached hydrogens (tertiary/aromatic N) is 2. The number of hydrogen-bond acceptors (Lipinski definition) is 2. The monoisotopic (exact) mass is 241 g/mol. The molecule has 1 aliphatic rings. The zero-order chi connectivity index (χ0) is 12.4. The minimum atomic E-state index is 0.514. The van der Waals surface area contributed by atoms with Gasteiger partial charge in [-0.3, -0.25) is 0 Å². The highest BCUT2D eigenvalue weighted by molar-refractivity contribution is 5.44. The van der Waals surface area contributed by atoms with Crippen LogP contribution in [0.1, 0.15) is 24.7 Å². The molecule has 0 aliphatic heterocycles. The second-order valence-corrected chi connectivity index (χ2v) is 4.87. The van der Waals surface area contributed by atoms with Crippen LogP contribution in [-0.4, -0.2) is 15.6 Å². The van der Waals surface area contributed by atoms with Crippen LogP contribution in [0.25, 0.3) is 0 Å². The Labute approximate surface area is 108 Å². The normalized spacial score (nSPS) is 18.4. The van der Waals surface area contributed by atoms with E-state index in [0.29, 0.717) is 6.04 Å². The van der Waals surface area contributed by atoms with Gasteiger partial charge in [-0.2, -0.15) is 0 Å². The smallest absolute Gasteiger partial charge is 0.0951 e. The molecular formula is C15H19N3. The molecule has 0 amide bonds. The molecule has 0 spiro atoms. The molecule has 0 bridgehead atoms. The molecule has 3 nitrogen and oxygen atoms in total. The van der Waals surface area contributed by atoms with Crippen LogP contribution in [0.5, 0.6) is 0 Å². The molecule has 1 unspecified atom stereocenters. The Hall–Kier alpha value is -1.77. The second kappa shape index (κ2) is 4.84. The van der Waals surface area contributed by atoms with Gasteiger partial charge in [-0.05, 0) is 31.9 Å². The predicted molar refractivity (Wildman–Crippen MR) is 73.8 cm³/mol. The van der Waals surface area contributed by atoms with Crippen molar-refractivity contribution in [3.05, 3.63) is 48.0 Å². The van der Waals surface area contributed by atoms with E-state index in [1.807, 2.05) is 12.4 Å². The van der Waals surface area contributed by atoms with Crippen molar-refractivity contribution in [1.82, 2.24) is 9.55 Å². The third kappa shape index (κ3) is 2.13. The number of rotatable bonds is 3. The van der Waals surface area contributed by atoms with Gasteiger partial charge in [0.25, 0.3) is 0 Å². The summed E-state index contributed by atoms with van der Waals surface area (Å²) in [4.78, 5) is 4.54. The van der Waals surface area contributed by atoms with Crippen LogP contribution in [-0.2, 0) is 19.4 Å². The van der Waals surface area contributed by atoms with Crippen LogP contribution in [0, 0.1) is 0 Å². The van der Waals surface area contributed by atoms with Crippen LogP contribution in [0.3, 0.4) is 0 Å². The lowest BCUT2D eigenvalue weighted by atomic mass is 9.95. The topological polar surface area (TPSA) is 29.9 Å². The molecule has 94 valence electrons. The van der Waals surface area contributed by atoms with Gasteiger partial charge < -0.3 is 9.88 Å². The number of aromatic nitrogens is 2. The summed E-state index contributed by atoms with van der Waals surface area (Å²) >= 11 is 0. The van der Waals surface area contributed by atoms with Crippen LogP contribution in [0.4, 0.5) is 5.69 Å². The number of aryl methyl sites for hydroxylation is 1. The highest BCUT2D eigenvalue weighted by Gasteiger charge is 2.22. The third-order valence-corrected chi connectivity index (χ3v) is 3.69. The zero-order valence-electron chi connectivity index (χ0n) is 10.8. The first kappa shape index (κ1) is 11.3. The van der Waals surface area contributed by atoms with E-state index in [1.54, 1.807) is 0 Å². The number of fused-ring (bicyclic) bond motifs is 1. The van der Waals surface area contributed by atoms with Crippen molar-refractivity contribution in [2.75, 3.05) is 5.32 Å². The van der Waals surface area contributed by atoms with Crippen molar-refractivity contribution in [1.29, 1.82) is 0 Å². The molecule has 2 aromatic rings. The molecule has 0 saturated carbocycles. The maximum absolute atomic E-state index is 4.54. The summed E-state index contributed by atoms with van der Waals surface area (Å²) in [7, 11) is 0. The predicted octanol–water partition coefficient (Wildman–Crippen LogP) is 2.87. The molecule has 3 rings (SSSR count). The van der Waals surface area contributed by atoms with Crippen molar-refractivity contribution < 1.29 is 0 Å². The molecule has 18 heavy (non-hydrogen) atoms. The molecular weight excluding hydrogens is 222 g/mol. The first-order chi connectivity index (χ1) is 8.86. The van der Waals surface area contributed by atoms with Crippen molar-refractivity contribution in [3.8, 4) is 0 Å². The highest BCUT2D eigenvalue weighted by atomic mass is 15.1. The lowest BCUT2D eigenvalue weighted by molar-refractivity contribution is 0.572. The minimum absolute atomic E-state index is 0.514. The summed E-state index contributed by atoms with van der Waals surface area (Å²) in [6, 6.07) is 11.0. The summed E-state index contributed by atoms with van der Waals surface area (Å²) in [5, 5.41) is 3.60. The minimum Gasteiger partial charge on any atom is -0.382 e. The van der Waals surface area contributed by atoms with Gasteiger partial charge in [0.15, 0.2) is 0 Å². The molecule has 1 aliphatic carbocycles. The van der Waals surface area contributed by atoms with Crippen LogP contribution in [0.2, 0.25) is 0 Å². The molecule has 0 fully saturated rings.